The number of carbonyl (C=O) groups is 1. The molecule has 4 rings (SSSR count). The third-order valence-corrected chi connectivity index (χ3v) is 8.96. The van der Waals surface area contributed by atoms with Crippen LogP contribution in [0.3, 0.4) is 0 Å². The van der Waals surface area contributed by atoms with E-state index in [0.717, 1.165) is 49.8 Å². The van der Waals surface area contributed by atoms with Crippen molar-refractivity contribution in [1.29, 1.82) is 0 Å². The molecule has 2 aromatic rings. The number of fused-ring (bicyclic) bond motifs is 1. The van der Waals surface area contributed by atoms with Crippen molar-refractivity contribution in [2.24, 2.45) is 5.92 Å². The first-order valence-electron chi connectivity index (χ1n) is 12.9. The Morgan fingerprint density at radius 3 is 2.46 bits per heavy atom. The van der Waals surface area contributed by atoms with E-state index in [0.29, 0.717) is 23.5 Å². The van der Waals surface area contributed by atoms with Crippen LogP contribution in [0.2, 0.25) is 0 Å². The van der Waals surface area contributed by atoms with Crippen LogP contribution in [0.4, 0.5) is 0 Å². The van der Waals surface area contributed by atoms with Gasteiger partial charge < -0.3 is 14.6 Å². The van der Waals surface area contributed by atoms with E-state index in [-0.39, 0.29) is 11.8 Å². The van der Waals surface area contributed by atoms with E-state index >= 15 is 0 Å². The number of halogens is 1. The van der Waals surface area contributed by atoms with E-state index < -0.39 is 27.7 Å². The number of carboxylic acid groups (broad SMARTS) is 1. The Hall–Kier alpha value is -2.37. The van der Waals surface area contributed by atoms with E-state index in [2.05, 4.69) is 39.4 Å². The second kappa shape index (κ2) is 10.9. The standard InChI is InChI=1S/C30H36INO6S/c1-16-14-20(8-10-22(16)31)25-17(2)24(21-9-11-23-19(15-21)12-13-37-23)26(18(3)27(25)32-39(7,35)36)28(29(33)34)38-30(4,5)6/h8-11,14-15,17,25,28,32H,12-13H2,1-7H3,(H,33,34)/t17?,25?,28-/m0/s1. The number of sulfonamides is 1. The molecule has 0 bridgehead atoms. The van der Waals surface area contributed by atoms with Gasteiger partial charge in [-0.05, 0) is 115 Å². The summed E-state index contributed by atoms with van der Waals surface area (Å²) >= 11 is 2.28. The minimum Gasteiger partial charge on any atom is -0.493 e. The Balaban J connectivity index is 2.07. The summed E-state index contributed by atoms with van der Waals surface area (Å²) in [6, 6.07) is 12.1. The zero-order valence-electron chi connectivity index (χ0n) is 23.4. The van der Waals surface area contributed by atoms with Crippen LogP contribution in [0.5, 0.6) is 5.75 Å². The van der Waals surface area contributed by atoms with Crippen molar-refractivity contribution in [3.63, 3.8) is 0 Å². The highest BCUT2D eigenvalue weighted by atomic mass is 127. The summed E-state index contributed by atoms with van der Waals surface area (Å²) in [6.45, 7) is 11.9. The van der Waals surface area contributed by atoms with Gasteiger partial charge in [-0.2, -0.15) is 0 Å². The lowest BCUT2D eigenvalue weighted by atomic mass is 9.69. The van der Waals surface area contributed by atoms with Gasteiger partial charge in [0, 0.05) is 27.2 Å². The van der Waals surface area contributed by atoms with Crippen LogP contribution in [0.1, 0.15) is 62.8 Å². The Labute approximate surface area is 244 Å². The summed E-state index contributed by atoms with van der Waals surface area (Å²) in [4.78, 5) is 12.8. The minimum atomic E-state index is -3.67. The van der Waals surface area contributed by atoms with E-state index in [9.17, 15) is 18.3 Å². The normalized spacial score (nSPS) is 20.5. The predicted molar refractivity (Wildman–Crippen MR) is 161 cm³/mol. The van der Waals surface area contributed by atoms with E-state index in [1.807, 2.05) is 58.9 Å². The van der Waals surface area contributed by atoms with E-state index in [1.54, 1.807) is 6.92 Å². The number of hydrogen-bond acceptors (Lipinski definition) is 5. The third kappa shape index (κ3) is 6.36. The molecule has 1 aliphatic heterocycles. The molecule has 3 atom stereocenters. The van der Waals surface area contributed by atoms with Gasteiger partial charge in [-0.1, -0.05) is 25.1 Å². The summed E-state index contributed by atoms with van der Waals surface area (Å²) in [6.07, 6.45) is 0.590. The lowest BCUT2D eigenvalue weighted by Crippen LogP contribution is -2.40. The maximum atomic E-state index is 12.8. The van der Waals surface area contributed by atoms with Gasteiger partial charge in [0.2, 0.25) is 10.0 Å². The molecule has 0 saturated carbocycles. The van der Waals surface area contributed by atoms with Crippen molar-refractivity contribution in [3.05, 3.63) is 79.1 Å². The van der Waals surface area contributed by atoms with Crippen LogP contribution in [0, 0.1) is 16.4 Å². The first-order chi connectivity index (χ1) is 18.1. The average Bonchev–Trinajstić information content (AvgIpc) is 3.28. The van der Waals surface area contributed by atoms with Crippen molar-refractivity contribution >= 4 is 44.2 Å². The highest BCUT2D eigenvalue weighted by Crippen LogP contribution is 2.50. The fourth-order valence-corrected chi connectivity index (χ4v) is 6.61. The van der Waals surface area contributed by atoms with Gasteiger partial charge in [0.1, 0.15) is 5.75 Å². The molecule has 1 heterocycles. The minimum absolute atomic E-state index is 0.279. The SMILES string of the molecule is CC1=C(NS(C)(=O)=O)C(c2ccc(I)c(C)c2)C(C)C(c2ccc3c(c2)CCO3)=C1[C@H](OC(C)(C)C)C(=O)O. The van der Waals surface area contributed by atoms with Crippen LogP contribution in [-0.4, -0.2) is 44.1 Å². The molecular weight excluding hydrogens is 629 g/mol. The Kier molecular flexibility index (Phi) is 8.27. The van der Waals surface area contributed by atoms with Gasteiger partial charge >= 0.3 is 5.97 Å². The molecule has 2 aliphatic rings. The molecule has 9 heteroatoms. The summed E-state index contributed by atoms with van der Waals surface area (Å²) in [5.41, 5.74) is 5.57. The molecule has 0 fully saturated rings. The van der Waals surface area contributed by atoms with Gasteiger partial charge in [-0.15, -0.1) is 0 Å². The Bertz CT molecular complexity index is 1490. The van der Waals surface area contributed by atoms with Crippen molar-refractivity contribution in [3.8, 4) is 5.75 Å². The highest BCUT2D eigenvalue weighted by molar-refractivity contribution is 14.1. The van der Waals surface area contributed by atoms with Gasteiger partial charge in [-0.3, -0.25) is 4.72 Å². The van der Waals surface area contributed by atoms with Crippen molar-refractivity contribution < 1.29 is 27.8 Å². The first kappa shape index (κ1) is 29.6. The lowest BCUT2D eigenvalue weighted by Gasteiger charge is -2.40. The second-order valence-corrected chi connectivity index (χ2v) is 14.3. The Morgan fingerprint density at radius 2 is 1.87 bits per heavy atom. The zero-order chi connectivity index (χ0) is 28.9. The van der Waals surface area contributed by atoms with Crippen LogP contribution < -0.4 is 9.46 Å². The number of allylic oxidation sites excluding steroid dienone is 2. The smallest absolute Gasteiger partial charge is 0.337 e. The summed E-state index contributed by atoms with van der Waals surface area (Å²) in [5, 5.41) is 10.4. The van der Waals surface area contributed by atoms with E-state index in [4.69, 9.17) is 9.47 Å². The molecule has 0 radical (unpaired) electrons. The number of benzene rings is 2. The van der Waals surface area contributed by atoms with Gasteiger partial charge in [-0.25, -0.2) is 13.2 Å². The van der Waals surface area contributed by atoms with Crippen LogP contribution in [0.15, 0.2) is 53.2 Å². The molecule has 1 aliphatic carbocycles. The zero-order valence-corrected chi connectivity index (χ0v) is 26.4. The predicted octanol–water partition coefficient (Wildman–Crippen LogP) is 5.81. The number of rotatable bonds is 7. The number of aryl methyl sites for hydroxylation is 1. The molecule has 210 valence electrons. The van der Waals surface area contributed by atoms with Crippen molar-refractivity contribution in [1.82, 2.24) is 4.72 Å². The Morgan fingerprint density at radius 1 is 1.18 bits per heavy atom. The molecule has 0 aromatic heterocycles. The molecule has 0 saturated heterocycles. The summed E-state index contributed by atoms with van der Waals surface area (Å²) < 4.78 is 41.1. The van der Waals surface area contributed by atoms with Gasteiger partial charge in [0.25, 0.3) is 0 Å². The number of aliphatic carboxylic acids is 1. The van der Waals surface area contributed by atoms with Crippen LogP contribution >= 0.6 is 22.6 Å². The van der Waals surface area contributed by atoms with Crippen molar-refractivity contribution in [2.75, 3.05) is 12.9 Å². The van der Waals surface area contributed by atoms with Gasteiger partial charge in [0.05, 0.1) is 18.5 Å². The maximum absolute atomic E-state index is 12.8. The van der Waals surface area contributed by atoms with Crippen LogP contribution in [-0.2, 0) is 26.0 Å². The largest absolute Gasteiger partial charge is 0.493 e. The maximum Gasteiger partial charge on any atom is 0.337 e. The average molecular weight is 666 g/mol. The summed E-state index contributed by atoms with van der Waals surface area (Å²) in [7, 11) is -3.67. The number of hydrogen-bond donors (Lipinski definition) is 2. The molecule has 7 nitrogen and oxygen atoms in total. The second-order valence-electron chi connectivity index (χ2n) is 11.4. The third-order valence-electron chi connectivity index (χ3n) is 7.16. The molecular formula is C30H36INO6S. The summed E-state index contributed by atoms with van der Waals surface area (Å²) in [5.74, 6) is -0.932. The van der Waals surface area contributed by atoms with E-state index in [1.165, 1.54) is 0 Å². The topological polar surface area (TPSA) is 102 Å². The monoisotopic (exact) mass is 665 g/mol. The molecule has 2 aromatic carbocycles. The number of carboxylic acids is 1. The fourth-order valence-electron chi connectivity index (χ4n) is 5.60. The molecule has 0 spiro atoms. The van der Waals surface area contributed by atoms with Crippen molar-refractivity contribution in [2.45, 2.75) is 65.6 Å². The fraction of sp³-hybridized carbons (Fsp3) is 0.433. The molecule has 0 amide bonds. The molecule has 2 unspecified atom stereocenters. The lowest BCUT2D eigenvalue weighted by molar-refractivity contribution is -0.155. The highest BCUT2D eigenvalue weighted by Gasteiger charge is 2.42. The molecule has 2 N–H and O–H groups in total. The van der Waals surface area contributed by atoms with Crippen LogP contribution in [0.25, 0.3) is 5.57 Å². The van der Waals surface area contributed by atoms with Gasteiger partial charge in [0.15, 0.2) is 6.10 Å². The first-order valence-corrected chi connectivity index (χ1v) is 15.9. The number of nitrogens with one attached hydrogen (secondary N) is 1. The quantitative estimate of drug-likeness (QED) is 0.362. The molecule has 39 heavy (non-hydrogen) atoms. The number of ether oxygens (including phenoxy) is 2.